The lowest BCUT2D eigenvalue weighted by atomic mass is 10.2. The summed E-state index contributed by atoms with van der Waals surface area (Å²) in [6.07, 6.45) is 0. The summed E-state index contributed by atoms with van der Waals surface area (Å²) in [5.41, 5.74) is 0. The summed E-state index contributed by atoms with van der Waals surface area (Å²) in [5, 5.41) is 3.16. The summed E-state index contributed by atoms with van der Waals surface area (Å²) in [7, 11) is 1.58. The Morgan fingerprint density at radius 1 is 1.33 bits per heavy atom. The second kappa shape index (κ2) is 7.33. The first-order valence-electron chi connectivity index (χ1n) is 6.37. The number of amides is 2. The van der Waals surface area contributed by atoms with Crippen molar-refractivity contribution in [3.05, 3.63) is 0 Å². The number of rotatable bonds is 4. The van der Waals surface area contributed by atoms with Crippen LogP contribution in [-0.2, 0) is 14.3 Å². The molecule has 0 aromatic rings. The number of carbonyl (C=O) groups excluding carboxylic acids is 2. The van der Waals surface area contributed by atoms with E-state index in [4.69, 9.17) is 4.74 Å². The molecule has 18 heavy (non-hydrogen) atoms. The predicted octanol–water partition coefficient (Wildman–Crippen LogP) is -0.698. The molecule has 1 heterocycles. The van der Waals surface area contributed by atoms with Crippen LogP contribution in [0.15, 0.2) is 0 Å². The molecule has 2 amide bonds. The fourth-order valence-electron chi connectivity index (χ4n) is 1.91. The van der Waals surface area contributed by atoms with Gasteiger partial charge in [0.1, 0.15) is 0 Å². The second-order valence-electron chi connectivity index (χ2n) is 4.63. The van der Waals surface area contributed by atoms with Gasteiger partial charge in [-0.05, 0) is 13.8 Å². The van der Waals surface area contributed by atoms with Gasteiger partial charge in [-0.1, -0.05) is 0 Å². The van der Waals surface area contributed by atoms with E-state index in [1.54, 1.807) is 16.9 Å². The Balaban J connectivity index is 2.60. The molecule has 0 unspecified atom stereocenters. The highest BCUT2D eigenvalue weighted by Crippen LogP contribution is 2.03. The molecular weight excluding hydrogens is 234 g/mol. The Morgan fingerprint density at radius 3 is 2.44 bits per heavy atom. The minimum Gasteiger partial charge on any atom is -0.383 e. The van der Waals surface area contributed by atoms with Gasteiger partial charge < -0.3 is 19.9 Å². The van der Waals surface area contributed by atoms with E-state index in [2.05, 4.69) is 5.32 Å². The van der Waals surface area contributed by atoms with Gasteiger partial charge in [-0.2, -0.15) is 0 Å². The molecule has 1 fully saturated rings. The van der Waals surface area contributed by atoms with Crippen LogP contribution in [0.1, 0.15) is 13.8 Å². The lowest BCUT2D eigenvalue weighted by Gasteiger charge is -2.31. The number of nitrogens with zero attached hydrogens (tertiary/aromatic N) is 2. The van der Waals surface area contributed by atoms with Crippen molar-refractivity contribution in [1.82, 2.24) is 15.1 Å². The Labute approximate surface area is 108 Å². The highest BCUT2D eigenvalue weighted by Gasteiger charge is 2.28. The maximum atomic E-state index is 12.1. The largest absolute Gasteiger partial charge is 0.383 e. The van der Waals surface area contributed by atoms with E-state index in [9.17, 15) is 9.59 Å². The third-order valence-electron chi connectivity index (χ3n) is 3.01. The van der Waals surface area contributed by atoms with Crippen LogP contribution in [0.5, 0.6) is 0 Å². The van der Waals surface area contributed by atoms with Gasteiger partial charge in [0.25, 0.3) is 0 Å². The van der Waals surface area contributed by atoms with Crippen molar-refractivity contribution in [2.75, 3.05) is 46.4 Å². The van der Waals surface area contributed by atoms with Crippen molar-refractivity contribution >= 4 is 11.8 Å². The Morgan fingerprint density at radius 2 is 1.94 bits per heavy atom. The van der Waals surface area contributed by atoms with Gasteiger partial charge in [-0.3, -0.25) is 9.59 Å². The number of carbonyl (C=O) groups is 2. The van der Waals surface area contributed by atoms with Crippen LogP contribution in [-0.4, -0.2) is 74.1 Å². The zero-order valence-electron chi connectivity index (χ0n) is 11.4. The second-order valence-corrected chi connectivity index (χ2v) is 4.63. The molecular formula is C12H23N3O3. The van der Waals surface area contributed by atoms with E-state index in [0.29, 0.717) is 26.2 Å². The minimum absolute atomic E-state index is 0.000449. The molecule has 0 saturated carbocycles. The van der Waals surface area contributed by atoms with Gasteiger partial charge in [0, 0.05) is 45.9 Å². The molecule has 0 spiro atoms. The molecule has 1 N–H and O–H groups in total. The lowest BCUT2D eigenvalue weighted by Crippen LogP contribution is -2.53. The van der Waals surface area contributed by atoms with Crippen LogP contribution in [0.3, 0.4) is 0 Å². The molecule has 0 radical (unpaired) electrons. The van der Waals surface area contributed by atoms with Crippen molar-refractivity contribution in [3.63, 3.8) is 0 Å². The number of nitrogens with one attached hydrogen (secondary N) is 1. The molecule has 1 aliphatic rings. The van der Waals surface area contributed by atoms with Crippen LogP contribution in [0.25, 0.3) is 0 Å². The zero-order chi connectivity index (χ0) is 13.5. The summed E-state index contributed by atoms with van der Waals surface area (Å²) in [6, 6.07) is -0.000449. The summed E-state index contributed by atoms with van der Waals surface area (Å²) >= 11 is 0. The molecule has 0 aromatic heterocycles. The standard InChI is InChI=1S/C12H23N3O3/c1-10(2)15(8-9-18-3)12(17)11(16)14-6-4-13-5-7-14/h10,13H,4-9H2,1-3H3. The van der Waals surface area contributed by atoms with Crippen LogP contribution in [0, 0.1) is 0 Å². The van der Waals surface area contributed by atoms with Crippen LogP contribution < -0.4 is 5.32 Å². The summed E-state index contributed by atoms with van der Waals surface area (Å²) in [4.78, 5) is 27.4. The fourth-order valence-corrected chi connectivity index (χ4v) is 1.91. The number of hydrogen-bond acceptors (Lipinski definition) is 4. The molecule has 0 atom stereocenters. The summed E-state index contributed by atoms with van der Waals surface area (Å²) < 4.78 is 4.97. The molecule has 6 nitrogen and oxygen atoms in total. The SMILES string of the molecule is COCCN(C(=O)C(=O)N1CCNCC1)C(C)C. The van der Waals surface area contributed by atoms with E-state index in [-0.39, 0.29) is 6.04 Å². The van der Waals surface area contributed by atoms with E-state index in [1.807, 2.05) is 13.8 Å². The number of hydrogen-bond donors (Lipinski definition) is 1. The van der Waals surface area contributed by atoms with Crippen LogP contribution in [0.4, 0.5) is 0 Å². The highest BCUT2D eigenvalue weighted by molar-refractivity contribution is 6.35. The van der Waals surface area contributed by atoms with E-state index < -0.39 is 11.8 Å². The summed E-state index contributed by atoms with van der Waals surface area (Å²) in [6.45, 7) is 7.39. The van der Waals surface area contributed by atoms with E-state index >= 15 is 0 Å². The average Bonchev–Trinajstić information content (AvgIpc) is 2.38. The number of ether oxygens (including phenoxy) is 1. The maximum absolute atomic E-state index is 12.1. The zero-order valence-corrected chi connectivity index (χ0v) is 11.4. The van der Waals surface area contributed by atoms with Gasteiger partial charge in [0.2, 0.25) is 0 Å². The van der Waals surface area contributed by atoms with Gasteiger partial charge >= 0.3 is 11.8 Å². The molecule has 1 aliphatic heterocycles. The van der Waals surface area contributed by atoms with Gasteiger partial charge in [0.05, 0.1) is 6.61 Å². The number of piperazine rings is 1. The van der Waals surface area contributed by atoms with Gasteiger partial charge in [-0.15, -0.1) is 0 Å². The van der Waals surface area contributed by atoms with Crippen molar-refractivity contribution < 1.29 is 14.3 Å². The van der Waals surface area contributed by atoms with Crippen molar-refractivity contribution in [3.8, 4) is 0 Å². The minimum atomic E-state index is -0.427. The Kier molecular flexibility index (Phi) is 6.07. The smallest absolute Gasteiger partial charge is 0.312 e. The quantitative estimate of drug-likeness (QED) is 0.677. The molecule has 104 valence electrons. The third-order valence-corrected chi connectivity index (χ3v) is 3.01. The normalized spacial score (nSPS) is 15.9. The Bertz CT molecular complexity index is 288. The van der Waals surface area contributed by atoms with Crippen molar-refractivity contribution in [2.24, 2.45) is 0 Å². The summed E-state index contributed by atoms with van der Waals surface area (Å²) in [5.74, 6) is -0.828. The average molecular weight is 257 g/mol. The molecule has 0 bridgehead atoms. The topological polar surface area (TPSA) is 61.9 Å². The lowest BCUT2D eigenvalue weighted by molar-refractivity contribution is -0.153. The molecule has 0 aliphatic carbocycles. The van der Waals surface area contributed by atoms with Crippen molar-refractivity contribution in [1.29, 1.82) is 0 Å². The third kappa shape index (κ3) is 3.96. The number of methoxy groups -OCH3 is 1. The molecule has 1 rings (SSSR count). The molecule has 6 heteroatoms. The molecule has 1 saturated heterocycles. The first-order chi connectivity index (χ1) is 8.57. The van der Waals surface area contributed by atoms with Crippen LogP contribution in [0.2, 0.25) is 0 Å². The van der Waals surface area contributed by atoms with Crippen LogP contribution >= 0.6 is 0 Å². The van der Waals surface area contributed by atoms with E-state index in [1.165, 1.54) is 0 Å². The predicted molar refractivity (Wildman–Crippen MR) is 68.2 cm³/mol. The maximum Gasteiger partial charge on any atom is 0.312 e. The van der Waals surface area contributed by atoms with E-state index in [0.717, 1.165) is 13.1 Å². The van der Waals surface area contributed by atoms with Gasteiger partial charge in [0.15, 0.2) is 0 Å². The highest BCUT2D eigenvalue weighted by atomic mass is 16.5. The first-order valence-corrected chi connectivity index (χ1v) is 6.37. The first kappa shape index (κ1) is 14.9. The molecule has 0 aromatic carbocycles. The van der Waals surface area contributed by atoms with Gasteiger partial charge in [-0.25, -0.2) is 0 Å². The fraction of sp³-hybridized carbons (Fsp3) is 0.833. The monoisotopic (exact) mass is 257 g/mol. The van der Waals surface area contributed by atoms with Crippen molar-refractivity contribution in [2.45, 2.75) is 19.9 Å². The Hall–Kier alpha value is -1.14.